The van der Waals surface area contributed by atoms with E-state index in [2.05, 4.69) is 15.5 Å². The highest BCUT2D eigenvalue weighted by Crippen LogP contribution is 2.28. The molecule has 1 saturated heterocycles. The minimum absolute atomic E-state index is 0.00500. The second-order valence-corrected chi connectivity index (χ2v) is 6.02. The van der Waals surface area contributed by atoms with Gasteiger partial charge in [0.1, 0.15) is 5.82 Å². The average molecular weight is 230 g/mol. The van der Waals surface area contributed by atoms with E-state index in [0.29, 0.717) is 12.4 Å². The summed E-state index contributed by atoms with van der Waals surface area (Å²) in [7, 11) is 0.743. The first-order valence-corrected chi connectivity index (χ1v) is 6.63. The molecule has 0 aromatic carbocycles. The number of aromatic nitrogens is 3. The zero-order chi connectivity index (χ0) is 11.1. The van der Waals surface area contributed by atoms with Crippen molar-refractivity contribution in [3.63, 3.8) is 0 Å². The fourth-order valence-corrected chi connectivity index (χ4v) is 3.65. The molecular formula is C8H14N4O2S. The number of anilines is 1. The molecule has 0 aliphatic carbocycles. The Balaban J connectivity index is 2.28. The Morgan fingerprint density at radius 1 is 1.47 bits per heavy atom. The van der Waals surface area contributed by atoms with Crippen molar-refractivity contribution in [1.82, 2.24) is 14.8 Å². The van der Waals surface area contributed by atoms with Gasteiger partial charge < -0.3 is 9.88 Å². The van der Waals surface area contributed by atoms with Crippen molar-refractivity contribution < 1.29 is 8.42 Å². The minimum Gasteiger partial charge on any atom is -0.357 e. The smallest absolute Gasteiger partial charge is 0.224 e. The molecule has 1 atom stereocenters. The average Bonchev–Trinajstić information content (AvgIpc) is 2.69. The molecule has 1 N–H and O–H groups in total. The molecule has 0 spiro atoms. The highest BCUT2D eigenvalue weighted by Gasteiger charge is 2.32. The zero-order valence-electron chi connectivity index (χ0n) is 8.77. The van der Waals surface area contributed by atoms with Crippen molar-refractivity contribution in [2.45, 2.75) is 12.3 Å². The molecule has 1 aromatic heterocycles. The van der Waals surface area contributed by atoms with Gasteiger partial charge in [-0.2, -0.15) is 0 Å². The Morgan fingerprint density at radius 2 is 2.20 bits per heavy atom. The predicted molar refractivity (Wildman–Crippen MR) is 56.6 cm³/mol. The first-order valence-electron chi connectivity index (χ1n) is 4.81. The first-order chi connectivity index (χ1) is 7.03. The summed E-state index contributed by atoms with van der Waals surface area (Å²) < 4.78 is 24.5. The third kappa shape index (κ3) is 1.83. The molecule has 0 bridgehead atoms. The van der Waals surface area contributed by atoms with Crippen LogP contribution in [0, 0.1) is 0 Å². The molecule has 2 rings (SSSR count). The molecule has 1 fully saturated rings. The largest absolute Gasteiger partial charge is 0.357 e. The zero-order valence-corrected chi connectivity index (χ0v) is 9.58. The van der Waals surface area contributed by atoms with Crippen LogP contribution in [-0.4, -0.2) is 41.7 Å². The number of hydrogen-bond acceptors (Lipinski definition) is 5. The van der Waals surface area contributed by atoms with Crippen LogP contribution in [0.2, 0.25) is 0 Å². The molecule has 1 aromatic rings. The molecular weight excluding hydrogens is 216 g/mol. The monoisotopic (exact) mass is 230 g/mol. The summed E-state index contributed by atoms with van der Waals surface area (Å²) in [4.78, 5) is 0. The van der Waals surface area contributed by atoms with Gasteiger partial charge in [0.05, 0.1) is 11.5 Å². The fourth-order valence-electron chi connectivity index (χ4n) is 1.91. The molecule has 6 nitrogen and oxygen atoms in total. The summed E-state index contributed by atoms with van der Waals surface area (Å²) in [6.45, 7) is 0. The van der Waals surface area contributed by atoms with E-state index in [4.69, 9.17) is 0 Å². The van der Waals surface area contributed by atoms with E-state index in [1.807, 2.05) is 11.6 Å². The molecule has 0 saturated carbocycles. The molecule has 15 heavy (non-hydrogen) atoms. The van der Waals surface area contributed by atoms with E-state index in [1.54, 1.807) is 7.05 Å². The van der Waals surface area contributed by atoms with Crippen LogP contribution in [0.1, 0.15) is 18.2 Å². The van der Waals surface area contributed by atoms with Gasteiger partial charge in [0, 0.05) is 20.0 Å². The van der Waals surface area contributed by atoms with Crippen LogP contribution in [0.15, 0.2) is 0 Å². The van der Waals surface area contributed by atoms with Crippen LogP contribution in [0.25, 0.3) is 0 Å². The summed E-state index contributed by atoms with van der Waals surface area (Å²) >= 11 is 0. The highest BCUT2D eigenvalue weighted by atomic mass is 32.2. The third-order valence-electron chi connectivity index (χ3n) is 2.73. The Hall–Kier alpha value is -1.11. The SMILES string of the molecule is CNc1nnc(C2CCS(=O)(=O)C2)n1C. The molecule has 1 aliphatic heterocycles. The second kappa shape index (κ2) is 3.48. The Labute approximate surface area is 88.6 Å². The summed E-state index contributed by atoms with van der Waals surface area (Å²) in [5.41, 5.74) is 0. The Kier molecular flexibility index (Phi) is 2.41. The number of nitrogens with one attached hydrogen (secondary N) is 1. The van der Waals surface area contributed by atoms with Crippen molar-refractivity contribution in [2.24, 2.45) is 7.05 Å². The van der Waals surface area contributed by atoms with E-state index in [0.717, 1.165) is 5.82 Å². The summed E-state index contributed by atoms with van der Waals surface area (Å²) in [6.07, 6.45) is 0.651. The van der Waals surface area contributed by atoms with Crippen LogP contribution < -0.4 is 5.32 Å². The van der Waals surface area contributed by atoms with Gasteiger partial charge in [0.15, 0.2) is 9.84 Å². The van der Waals surface area contributed by atoms with Crippen molar-refractivity contribution in [3.8, 4) is 0 Å². The predicted octanol–water partition coefficient (Wildman–Crippen LogP) is -0.241. The van der Waals surface area contributed by atoms with Crippen LogP contribution >= 0.6 is 0 Å². The number of sulfone groups is 1. The second-order valence-electron chi connectivity index (χ2n) is 3.79. The van der Waals surface area contributed by atoms with Gasteiger partial charge in [-0.25, -0.2) is 8.42 Å². The Morgan fingerprint density at radius 3 is 2.67 bits per heavy atom. The van der Waals surface area contributed by atoms with Gasteiger partial charge in [0.2, 0.25) is 5.95 Å². The molecule has 84 valence electrons. The van der Waals surface area contributed by atoms with Gasteiger partial charge in [-0.3, -0.25) is 0 Å². The van der Waals surface area contributed by atoms with Gasteiger partial charge in [-0.05, 0) is 6.42 Å². The fraction of sp³-hybridized carbons (Fsp3) is 0.750. The summed E-state index contributed by atoms with van der Waals surface area (Å²) in [6, 6.07) is 0. The van der Waals surface area contributed by atoms with E-state index in [9.17, 15) is 8.42 Å². The third-order valence-corrected chi connectivity index (χ3v) is 4.50. The number of nitrogens with zero attached hydrogens (tertiary/aromatic N) is 3. The molecule has 7 heteroatoms. The van der Waals surface area contributed by atoms with Crippen LogP contribution in [0.3, 0.4) is 0 Å². The van der Waals surface area contributed by atoms with Crippen molar-refractivity contribution in [3.05, 3.63) is 5.82 Å². The van der Waals surface area contributed by atoms with Gasteiger partial charge in [-0.1, -0.05) is 0 Å². The van der Waals surface area contributed by atoms with Crippen molar-refractivity contribution >= 4 is 15.8 Å². The maximum absolute atomic E-state index is 11.3. The van der Waals surface area contributed by atoms with Crippen LogP contribution in [0.4, 0.5) is 5.95 Å². The maximum atomic E-state index is 11.3. The maximum Gasteiger partial charge on any atom is 0.224 e. The van der Waals surface area contributed by atoms with E-state index in [1.165, 1.54) is 0 Å². The van der Waals surface area contributed by atoms with Gasteiger partial charge in [0.25, 0.3) is 0 Å². The van der Waals surface area contributed by atoms with Crippen molar-refractivity contribution in [1.29, 1.82) is 0 Å². The normalized spacial score (nSPS) is 24.3. The number of rotatable bonds is 2. The quantitative estimate of drug-likeness (QED) is 0.758. The van der Waals surface area contributed by atoms with Gasteiger partial charge in [-0.15, -0.1) is 10.2 Å². The van der Waals surface area contributed by atoms with Crippen molar-refractivity contribution in [2.75, 3.05) is 23.9 Å². The molecule has 0 radical (unpaired) electrons. The molecule has 2 heterocycles. The minimum atomic E-state index is -2.86. The highest BCUT2D eigenvalue weighted by molar-refractivity contribution is 7.91. The number of hydrogen-bond donors (Lipinski definition) is 1. The van der Waals surface area contributed by atoms with Gasteiger partial charge >= 0.3 is 0 Å². The standard InChI is InChI=1S/C8H14N4O2S/c1-9-8-11-10-7(12(8)2)6-3-4-15(13,14)5-6/h6H,3-5H2,1-2H3,(H,9,11). The summed E-state index contributed by atoms with van der Waals surface area (Å²) in [5.74, 6) is 1.87. The lowest BCUT2D eigenvalue weighted by Gasteiger charge is -2.07. The Bertz CT molecular complexity index is 465. The summed E-state index contributed by atoms with van der Waals surface area (Å²) in [5, 5.41) is 10.9. The molecule has 1 unspecified atom stereocenters. The van der Waals surface area contributed by atoms with E-state index >= 15 is 0 Å². The first kappa shape index (κ1) is 10.4. The molecule has 0 amide bonds. The lowest BCUT2D eigenvalue weighted by Crippen LogP contribution is -2.09. The van der Waals surface area contributed by atoms with Crippen LogP contribution in [-0.2, 0) is 16.9 Å². The topological polar surface area (TPSA) is 76.9 Å². The molecule has 1 aliphatic rings. The van der Waals surface area contributed by atoms with E-state index < -0.39 is 9.84 Å². The lowest BCUT2D eigenvalue weighted by molar-refractivity contribution is 0.600. The van der Waals surface area contributed by atoms with E-state index in [-0.39, 0.29) is 17.4 Å². The lowest BCUT2D eigenvalue weighted by atomic mass is 10.1. The van der Waals surface area contributed by atoms with Crippen LogP contribution in [0.5, 0.6) is 0 Å².